The van der Waals surface area contributed by atoms with Crippen molar-refractivity contribution < 1.29 is 9.59 Å². The Labute approximate surface area is 129 Å². The minimum atomic E-state index is -0.801. The van der Waals surface area contributed by atoms with E-state index in [1.165, 1.54) is 0 Å². The van der Waals surface area contributed by atoms with Crippen LogP contribution in [0.1, 0.15) is 36.2 Å². The predicted molar refractivity (Wildman–Crippen MR) is 84.5 cm³/mol. The molecule has 114 valence electrons. The van der Waals surface area contributed by atoms with E-state index in [1.54, 1.807) is 13.2 Å². The fraction of sp³-hybridized carbons (Fsp3) is 0.353. The summed E-state index contributed by atoms with van der Waals surface area (Å²) < 4.78 is 0. The van der Waals surface area contributed by atoms with Gasteiger partial charge in [0.2, 0.25) is 5.91 Å². The molecule has 1 aliphatic rings. The van der Waals surface area contributed by atoms with Gasteiger partial charge in [-0.25, -0.2) is 0 Å². The molecule has 2 amide bonds. The van der Waals surface area contributed by atoms with E-state index in [9.17, 15) is 9.59 Å². The summed E-state index contributed by atoms with van der Waals surface area (Å²) in [6.45, 7) is 0. The van der Waals surface area contributed by atoms with Crippen molar-refractivity contribution in [3.8, 4) is 0 Å². The minimum absolute atomic E-state index is 0.126. The summed E-state index contributed by atoms with van der Waals surface area (Å²) in [5.74, 6) is -0.416. The molecule has 0 atom stereocenters. The van der Waals surface area contributed by atoms with Crippen molar-refractivity contribution in [1.82, 2.24) is 15.6 Å². The number of benzene rings is 1. The van der Waals surface area contributed by atoms with Gasteiger partial charge in [-0.3, -0.25) is 14.6 Å². The Kier molecular flexibility index (Phi) is 3.79. The van der Waals surface area contributed by atoms with Gasteiger partial charge in [-0.2, -0.15) is 0 Å². The number of hydrogen-bond acceptors (Lipinski definition) is 3. The zero-order valence-corrected chi connectivity index (χ0v) is 12.6. The Morgan fingerprint density at radius 3 is 2.59 bits per heavy atom. The molecule has 0 aliphatic heterocycles. The zero-order chi connectivity index (χ0) is 15.6. The van der Waals surface area contributed by atoms with E-state index in [-0.39, 0.29) is 11.8 Å². The molecular formula is C17H19N3O2. The van der Waals surface area contributed by atoms with Gasteiger partial charge in [0.05, 0.1) is 0 Å². The van der Waals surface area contributed by atoms with Gasteiger partial charge in [0.25, 0.3) is 5.91 Å². The van der Waals surface area contributed by atoms with Gasteiger partial charge in [0.1, 0.15) is 11.2 Å². The molecule has 1 aliphatic carbocycles. The molecule has 0 bridgehead atoms. The van der Waals surface area contributed by atoms with E-state index >= 15 is 0 Å². The Morgan fingerprint density at radius 2 is 1.86 bits per heavy atom. The van der Waals surface area contributed by atoms with Crippen LogP contribution in [0.4, 0.5) is 0 Å². The number of pyridine rings is 1. The molecule has 0 radical (unpaired) electrons. The highest BCUT2D eigenvalue weighted by Crippen LogP contribution is 2.30. The minimum Gasteiger partial charge on any atom is -0.357 e. The molecule has 5 heteroatoms. The number of carbonyl (C=O) groups is 2. The Hall–Kier alpha value is -2.43. The van der Waals surface area contributed by atoms with Crippen molar-refractivity contribution in [3.05, 3.63) is 42.2 Å². The van der Waals surface area contributed by atoms with E-state index in [4.69, 9.17) is 0 Å². The summed E-state index contributed by atoms with van der Waals surface area (Å²) >= 11 is 0. The average Bonchev–Trinajstić information content (AvgIpc) is 3.03. The van der Waals surface area contributed by atoms with Crippen molar-refractivity contribution in [2.24, 2.45) is 0 Å². The molecule has 1 fully saturated rings. The van der Waals surface area contributed by atoms with Gasteiger partial charge in [-0.1, -0.05) is 37.1 Å². The monoisotopic (exact) mass is 297 g/mol. The van der Waals surface area contributed by atoms with E-state index in [2.05, 4.69) is 15.6 Å². The fourth-order valence-electron chi connectivity index (χ4n) is 3.20. The number of nitrogens with one attached hydrogen (secondary N) is 2. The summed E-state index contributed by atoms with van der Waals surface area (Å²) in [5, 5.41) is 7.37. The third kappa shape index (κ3) is 2.43. The first-order chi connectivity index (χ1) is 10.7. The molecule has 1 aromatic carbocycles. The second-order valence-corrected chi connectivity index (χ2v) is 5.70. The molecule has 1 heterocycles. The lowest BCUT2D eigenvalue weighted by molar-refractivity contribution is -0.126. The predicted octanol–water partition coefficient (Wildman–Crippen LogP) is 2.02. The first-order valence-electron chi connectivity index (χ1n) is 7.55. The number of carbonyl (C=O) groups excluding carboxylic acids is 2. The van der Waals surface area contributed by atoms with E-state index in [0.717, 1.165) is 23.6 Å². The van der Waals surface area contributed by atoms with Crippen LogP contribution < -0.4 is 10.6 Å². The van der Waals surface area contributed by atoms with Crippen LogP contribution in [0.5, 0.6) is 0 Å². The number of hydrogen-bond donors (Lipinski definition) is 2. The van der Waals surface area contributed by atoms with Gasteiger partial charge in [-0.05, 0) is 24.3 Å². The van der Waals surface area contributed by atoms with E-state index in [1.807, 2.05) is 30.3 Å². The number of nitrogens with zero attached hydrogens (tertiary/aromatic N) is 1. The molecule has 0 spiro atoms. The van der Waals surface area contributed by atoms with Gasteiger partial charge >= 0.3 is 0 Å². The number of likely N-dealkylation sites (N-methyl/N-ethyl adjacent to an activating group) is 1. The van der Waals surface area contributed by atoms with Crippen LogP contribution in [0, 0.1) is 0 Å². The summed E-state index contributed by atoms with van der Waals surface area (Å²) in [7, 11) is 1.60. The van der Waals surface area contributed by atoms with Crippen LogP contribution in [-0.2, 0) is 4.79 Å². The first-order valence-corrected chi connectivity index (χ1v) is 7.55. The summed E-state index contributed by atoms with van der Waals surface area (Å²) in [6, 6.07) is 9.49. The van der Waals surface area contributed by atoms with E-state index in [0.29, 0.717) is 18.5 Å². The Balaban J connectivity index is 1.94. The molecule has 2 aromatic rings. The highest BCUT2D eigenvalue weighted by molar-refractivity contribution is 6.07. The van der Waals surface area contributed by atoms with Gasteiger partial charge in [-0.15, -0.1) is 0 Å². The Bertz CT molecular complexity index is 715. The molecule has 1 saturated carbocycles. The molecular weight excluding hydrogens is 278 g/mol. The standard InChI is InChI=1S/C17H19N3O2/c1-18-16(22)17(9-4-5-10-17)20-15(21)14-13-7-3-2-6-12(13)8-11-19-14/h2-3,6-8,11H,4-5,9-10H2,1H3,(H,18,22)(H,20,21). The maximum absolute atomic E-state index is 12.7. The van der Waals surface area contributed by atoms with Crippen LogP contribution in [0.2, 0.25) is 0 Å². The van der Waals surface area contributed by atoms with Crippen LogP contribution in [-0.4, -0.2) is 29.4 Å². The Morgan fingerprint density at radius 1 is 1.14 bits per heavy atom. The van der Waals surface area contributed by atoms with Crippen molar-refractivity contribution in [3.63, 3.8) is 0 Å². The molecule has 5 nitrogen and oxygen atoms in total. The second-order valence-electron chi connectivity index (χ2n) is 5.70. The summed E-state index contributed by atoms with van der Waals surface area (Å²) in [6.07, 6.45) is 4.85. The quantitative estimate of drug-likeness (QED) is 0.910. The number of rotatable bonds is 3. The molecule has 2 N–H and O–H groups in total. The smallest absolute Gasteiger partial charge is 0.271 e. The highest BCUT2D eigenvalue weighted by Gasteiger charge is 2.42. The van der Waals surface area contributed by atoms with Crippen molar-refractivity contribution in [2.45, 2.75) is 31.2 Å². The molecule has 0 unspecified atom stereocenters. The summed E-state index contributed by atoms with van der Waals surface area (Å²) in [5.41, 5.74) is -0.432. The number of amides is 2. The van der Waals surface area contributed by atoms with Crippen LogP contribution >= 0.6 is 0 Å². The molecule has 1 aromatic heterocycles. The fourth-order valence-corrected chi connectivity index (χ4v) is 3.20. The highest BCUT2D eigenvalue weighted by atomic mass is 16.2. The van der Waals surface area contributed by atoms with Crippen LogP contribution in [0.25, 0.3) is 10.8 Å². The lowest BCUT2D eigenvalue weighted by Gasteiger charge is -2.28. The van der Waals surface area contributed by atoms with Crippen LogP contribution in [0.3, 0.4) is 0 Å². The van der Waals surface area contributed by atoms with Gasteiger partial charge in [0, 0.05) is 18.6 Å². The largest absolute Gasteiger partial charge is 0.357 e. The molecule has 0 saturated heterocycles. The van der Waals surface area contributed by atoms with Gasteiger partial charge in [0.15, 0.2) is 0 Å². The molecule has 22 heavy (non-hydrogen) atoms. The summed E-state index contributed by atoms with van der Waals surface area (Å²) in [4.78, 5) is 29.1. The average molecular weight is 297 g/mol. The topological polar surface area (TPSA) is 71.1 Å². The van der Waals surface area contributed by atoms with E-state index < -0.39 is 5.54 Å². The maximum atomic E-state index is 12.7. The third-order valence-corrected chi connectivity index (χ3v) is 4.36. The maximum Gasteiger partial charge on any atom is 0.271 e. The number of fused-ring (bicyclic) bond motifs is 1. The van der Waals surface area contributed by atoms with Crippen molar-refractivity contribution in [1.29, 1.82) is 0 Å². The SMILES string of the molecule is CNC(=O)C1(NC(=O)c2nccc3ccccc23)CCCC1. The normalized spacial score (nSPS) is 16.4. The third-order valence-electron chi connectivity index (χ3n) is 4.36. The van der Waals surface area contributed by atoms with Gasteiger partial charge < -0.3 is 10.6 Å². The molecule has 3 rings (SSSR count). The van der Waals surface area contributed by atoms with Crippen LogP contribution in [0.15, 0.2) is 36.5 Å². The van der Waals surface area contributed by atoms with Crippen molar-refractivity contribution >= 4 is 22.6 Å². The number of aromatic nitrogens is 1. The zero-order valence-electron chi connectivity index (χ0n) is 12.6. The lowest BCUT2D eigenvalue weighted by atomic mass is 9.95. The first kappa shape index (κ1) is 14.5. The lowest BCUT2D eigenvalue weighted by Crippen LogP contribution is -2.56. The van der Waals surface area contributed by atoms with Crippen molar-refractivity contribution in [2.75, 3.05) is 7.05 Å². The second kappa shape index (κ2) is 5.75.